The van der Waals surface area contributed by atoms with Gasteiger partial charge in [0.15, 0.2) is 0 Å². The Bertz CT molecular complexity index is 696. The number of benzene rings is 1. The maximum absolute atomic E-state index is 12.2. The van der Waals surface area contributed by atoms with Gasteiger partial charge >= 0.3 is 0 Å². The summed E-state index contributed by atoms with van der Waals surface area (Å²) in [7, 11) is 0. The summed E-state index contributed by atoms with van der Waals surface area (Å²) >= 11 is 9.31. The Labute approximate surface area is 149 Å². The van der Waals surface area contributed by atoms with Gasteiger partial charge in [0, 0.05) is 27.1 Å². The zero-order chi connectivity index (χ0) is 16.4. The summed E-state index contributed by atoms with van der Waals surface area (Å²) in [6, 6.07) is 7.47. The Balaban J connectivity index is 1.74. The van der Waals surface area contributed by atoms with Gasteiger partial charge in [0.2, 0.25) is 5.91 Å². The number of thiazole rings is 1. The summed E-state index contributed by atoms with van der Waals surface area (Å²) < 4.78 is 0. The number of carbonyl (C=O) groups excluding carboxylic acids is 1. The van der Waals surface area contributed by atoms with Gasteiger partial charge in [-0.25, -0.2) is 4.98 Å². The van der Waals surface area contributed by atoms with E-state index in [1.165, 1.54) is 0 Å². The highest BCUT2D eigenvalue weighted by Gasteiger charge is 2.25. The van der Waals surface area contributed by atoms with Gasteiger partial charge in [-0.2, -0.15) is 0 Å². The van der Waals surface area contributed by atoms with E-state index >= 15 is 0 Å². The highest BCUT2D eigenvalue weighted by Crippen LogP contribution is 2.31. The second-order valence-corrected chi connectivity index (χ2v) is 8.17. The number of aryl methyl sites for hydroxylation is 1. The van der Waals surface area contributed by atoms with Crippen LogP contribution in [0.2, 0.25) is 5.02 Å². The van der Waals surface area contributed by atoms with Crippen LogP contribution >= 0.6 is 34.7 Å². The number of carbonyl (C=O) groups is 1. The fourth-order valence-electron chi connectivity index (χ4n) is 2.42. The quantitative estimate of drug-likeness (QED) is 0.866. The van der Waals surface area contributed by atoms with Crippen molar-refractivity contribution in [3.8, 4) is 11.3 Å². The molecule has 23 heavy (non-hydrogen) atoms. The van der Waals surface area contributed by atoms with Crippen LogP contribution in [0.25, 0.3) is 11.3 Å². The molecule has 2 unspecified atom stereocenters. The van der Waals surface area contributed by atoms with Gasteiger partial charge in [-0.3, -0.25) is 10.1 Å². The van der Waals surface area contributed by atoms with Crippen LogP contribution in [-0.4, -0.2) is 28.6 Å². The van der Waals surface area contributed by atoms with Gasteiger partial charge in [0.25, 0.3) is 0 Å². The summed E-state index contributed by atoms with van der Waals surface area (Å²) in [5.74, 6) is 1.71. The predicted molar refractivity (Wildman–Crippen MR) is 98.1 cm³/mol. The van der Waals surface area contributed by atoms with Gasteiger partial charge in [0.05, 0.1) is 17.8 Å². The van der Waals surface area contributed by atoms with E-state index in [1.54, 1.807) is 23.1 Å². The maximum Gasteiger partial charge on any atom is 0.238 e. The first-order chi connectivity index (χ1) is 11.0. The van der Waals surface area contributed by atoms with Crippen molar-refractivity contribution in [2.24, 2.45) is 0 Å². The lowest BCUT2D eigenvalue weighted by molar-refractivity contribution is -0.123. The smallest absolute Gasteiger partial charge is 0.238 e. The van der Waals surface area contributed by atoms with E-state index in [9.17, 15) is 4.79 Å². The molecule has 0 aliphatic carbocycles. The summed E-state index contributed by atoms with van der Waals surface area (Å²) in [6.45, 7) is 4.03. The van der Waals surface area contributed by atoms with Gasteiger partial charge in [-0.05, 0) is 26.0 Å². The summed E-state index contributed by atoms with van der Waals surface area (Å²) in [5, 5.41) is 7.87. The molecule has 2 atom stereocenters. The standard InChI is InChI=1S/C16H18ClN3OS2/c1-9(19-15(21)13-7-22-8-18-13)16-20-14(10(2)23-16)11-3-5-12(17)6-4-11/h3-6,9,13,18H,7-8H2,1-2H3,(H,19,21). The van der Waals surface area contributed by atoms with E-state index in [0.29, 0.717) is 5.02 Å². The fourth-order valence-corrected chi connectivity index (χ4v) is 4.43. The van der Waals surface area contributed by atoms with E-state index in [4.69, 9.17) is 16.6 Å². The molecule has 122 valence electrons. The lowest BCUT2D eigenvalue weighted by Gasteiger charge is -2.14. The van der Waals surface area contributed by atoms with Gasteiger partial charge in [-0.15, -0.1) is 23.1 Å². The number of thioether (sulfide) groups is 1. The molecule has 7 heteroatoms. The summed E-state index contributed by atoms with van der Waals surface area (Å²) in [4.78, 5) is 18.1. The van der Waals surface area contributed by atoms with Crippen molar-refractivity contribution in [2.75, 3.05) is 11.6 Å². The Kier molecular flexibility index (Phi) is 5.26. The monoisotopic (exact) mass is 367 g/mol. The van der Waals surface area contributed by atoms with Crippen molar-refractivity contribution in [2.45, 2.75) is 25.9 Å². The molecule has 3 rings (SSSR count). The van der Waals surface area contributed by atoms with E-state index in [2.05, 4.69) is 17.6 Å². The molecule has 1 aromatic heterocycles. The number of nitrogens with zero attached hydrogens (tertiary/aromatic N) is 1. The SMILES string of the molecule is Cc1sc(C(C)NC(=O)C2CSCN2)nc1-c1ccc(Cl)cc1. The molecule has 2 N–H and O–H groups in total. The van der Waals surface area contributed by atoms with Crippen molar-refractivity contribution in [1.82, 2.24) is 15.6 Å². The van der Waals surface area contributed by atoms with Crippen LogP contribution in [0.3, 0.4) is 0 Å². The molecule has 0 saturated carbocycles. The Hall–Kier alpha value is -1.08. The number of halogens is 1. The molecule has 2 aromatic rings. The van der Waals surface area contributed by atoms with Crippen molar-refractivity contribution >= 4 is 40.6 Å². The normalized spacial score (nSPS) is 18.8. The third-order valence-corrected chi connectivity index (χ3v) is 6.04. The lowest BCUT2D eigenvalue weighted by Crippen LogP contribution is -2.42. The minimum absolute atomic E-state index is 0.0448. The fraction of sp³-hybridized carbons (Fsp3) is 0.375. The van der Waals surface area contributed by atoms with Crippen molar-refractivity contribution in [3.63, 3.8) is 0 Å². The molecule has 0 radical (unpaired) electrons. The van der Waals surface area contributed by atoms with Crippen molar-refractivity contribution < 1.29 is 4.79 Å². The van der Waals surface area contributed by atoms with Crippen LogP contribution < -0.4 is 10.6 Å². The second-order valence-electron chi connectivity index (χ2n) is 5.47. The molecule has 1 saturated heterocycles. The Morgan fingerprint density at radius 1 is 1.43 bits per heavy atom. The topological polar surface area (TPSA) is 54.0 Å². The zero-order valence-electron chi connectivity index (χ0n) is 12.9. The van der Waals surface area contributed by atoms with E-state index < -0.39 is 0 Å². The Morgan fingerprint density at radius 3 is 2.83 bits per heavy atom. The molecule has 1 aliphatic rings. The number of hydrogen-bond donors (Lipinski definition) is 2. The largest absolute Gasteiger partial charge is 0.346 e. The molecule has 0 bridgehead atoms. The van der Waals surface area contributed by atoms with Crippen LogP contribution in [0.5, 0.6) is 0 Å². The molecule has 4 nitrogen and oxygen atoms in total. The average Bonchev–Trinajstić information content (AvgIpc) is 3.17. The molecule has 1 aliphatic heterocycles. The first-order valence-electron chi connectivity index (χ1n) is 7.39. The molecule has 1 aromatic carbocycles. The van der Waals surface area contributed by atoms with E-state index in [-0.39, 0.29) is 18.0 Å². The highest BCUT2D eigenvalue weighted by atomic mass is 35.5. The molecule has 1 fully saturated rings. The van der Waals surface area contributed by atoms with Crippen molar-refractivity contribution in [3.05, 3.63) is 39.2 Å². The van der Waals surface area contributed by atoms with Gasteiger partial charge in [-0.1, -0.05) is 23.7 Å². The third-order valence-electron chi connectivity index (χ3n) is 3.69. The third kappa shape index (κ3) is 3.88. The van der Waals surface area contributed by atoms with Crippen LogP contribution in [-0.2, 0) is 4.79 Å². The number of amides is 1. The van der Waals surface area contributed by atoms with E-state index in [1.807, 2.05) is 31.2 Å². The van der Waals surface area contributed by atoms with Gasteiger partial charge in [0.1, 0.15) is 5.01 Å². The molecular formula is C16H18ClN3OS2. The zero-order valence-corrected chi connectivity index (χ0v) is 15.3. The lowest BCUT2D eigenvalue weighted by atomic mass is 10.1. The number of nitrogens with one attached hydrogen (secondary N) is 2. The minimum Gasteiger partial charge on any atom is -0.346 e. The molecular weight excluding hydrogens is 350 g/mol. The molecule has 1 amide bonds. The number of hydrogen-bond acceptors (Lipinski definition) is 5. The summed E-state index contributed by atoms with van der Waals surface area (Å²) in [5.41, 5.74) is 2.00. The minimum atomic E-state index is -0.0979. The molecule has 0 spiro atoms. The number of aromatic nitrogens is 1. The van der Waals surface area contributed by atoms with Crippen LogP contribution in [0.15, 0.2) is 24.3 Å². The van der Waals surface area contributed by atoms with Gasteiger partial charge < -0.3 is 5.32 Å². The highest BCUT2D eigenvalue weighted by molar-refractivity contribution is 7.99. The maximum atomic E-state index is 12.2. The average molecular weight is 368 g/mol. The Morgan fingerprint density at radius 2 is 2.17 bits per heavy atom. The molecule has 2 heterocycles. The number of rotatable bonds is 4. The first-order valence-corrected chi connectivity index (χ1v) is 9.74. The predicted octanol–water partition coefficient (Wildman–Crippen LogP) is 3.61. The van der Waals surface area contributed by atoms with Crippen LogP contribution in [0.4, 0.5) is 0 Å². The van der Waals surface area contributed by atoms with Crippen LogP contribution in [0.1, 0.15) is 22.9 Å². The van der Waals surface area contributed by atoms with Crippen LogP contribution in [0, 0.1) is 6.92 Å². The first kappa shape index (κ1) is 16.8. The second kappa shape index (κ2) is 7.21. The summed E-state index contributed by atoms with van der Waals surface area (Å²) in [6.07, 6.45) is 0. The van der Waals surface area contributed by atoms with Crippen molar-refractivity contribution in [1.29, 1.82) is 0 Å². The van der Waals surface area contributed by atoms with E-state index in [0.717, 1.165) is 32.8 Å².